The molecular formula is C15H25N3. The van der Waals surface area contributed by atoms with Crippen molar-refractivity contribution in [2.75, 3.05) is 39.8 Å². The van der Waals surface area contributed by atoms with Gasteiger partial charge >= 0.3 is 0 Å². The molecule has 0 aliphatic carbocycles. The summed E-state index contributed by atoms with van der Waals surface area (Å²) in [5, 5.41) is 3.60. The topological polar surface area (TPSA) is 18.5 Å². The summed E-state index contributed by atoms with van der Waals surface area (Å²) in [7, 11) is 2.20. The van der Waals surface area contributed by atoms with E-state index in [0.717, 1.165) is 13.1 Å². The minimum atomic E-state index is 0.550. The standard InChI is InChI=1S/C15H25N3/c1-14(13-18-10-8-17(2)9-11-18)16-12-15-6-4-3-5-7-15/h3-7,14,16H,8-13H2,1-2H3. The predicted octanol–water partition coefficient (Wildman–Crippen LogP) is 1.41. The van der Waals surface area contributed by atoms with Crippen LogP contribution in [0.15, 0.2) is 30.3 Å². The summed E-state index contributed by atoms with van der Waals surface area (Å²) in [5.41, 5.74) is 1.36. The summed E-state index contributed by atoms with van der Waals surface area (Å²) in [4.78, 5) is 4.96. The van der Waals surface area contributed by atoms with Crippen LogP contribution < -0.4 is 5.32 Å². The Morgan fingerprint density at radius 3 is 2.44 bits per heavy atom. The van der Waals surface area contributed by atoms with Gasteiger partial charge in [0.25, 0.3) is 0 Å². The van der Waals surface area contributed by atoms with E-state index in [0.29, 0.717) is 6.04 Å². The number of hydrogen-bond acceptors (Lipinski definition) is 3. The molecule has 1 fully saturated rings. The van der Waals surface area contributed by atoms with Crippen LogP contribution in [0.2, 0.25) is 0 Å². The first-order valence-corrected chi connectivity index (χ1v) is 6.92. The fraction of sp³-hybridized carbons (Fsp3) is 0.600. The van der Waals surface area contributed by atoms with E-state index in [9.17, 15) is 0 Å². The first-order chi connectivity index (χ1) is 8.74. The molecule has 0 saturated carbocycles. The summed E-state index contributed by atoms with van der Waals surface area (Å²) in [6.07, 6.45) is 0. The molecule has 3 nitrogen and oxygen atoms in total. The van der Waals surface area contributed by atoms with E-state index in [2.05, 4.69) is 59.4 Å². The Morgan fingerprint density at radius 2 is 1.78 bits per heavy atom. The quantitative estimate of drug-likeness (QED) is 0.849. The Hall–Kier alpha value is -0.900. The second-order valence-corrected chi connectivity index (χ2v) is 5.37. The Morgan fingerprint density at radius 1 is 1.11 bits per heavy atom. The van der Waals surface area contributed by atoms with Gasteiger partial charge in [0.2, 0.25) is 0 Å². The summed E-state index contributed by atoms with van der Waals surface area (Å²) in [6.45, 7) is 9.20. The van der Waals surface area contributed by atoms with E-state index in [1.165, 1.54) is 31.7 Å². The van der Waals surface area contributed by atoms with E-state index in [1.54, 1.807) is 0 Å². The van der Waals surface area contributed by atoms with Crippen LogP contribution in [0.3, 0.4) is 0 Å². The van der Waals surface area contributed by atoms with Gasteiger partial charge in [-0.25, -0.2) is 0 Å². The van der Waals surface area contributed by atoms with E-state index < -0.39 is 0 Å². The SMILES string of the molecule is CC(CN1CCN(C)CC1)NCc1ccccc1. The number of likely N-dealkylation sites (N-methyl/N-ethyl adjacent to an activating group) is 1. The average Bonchev–Trinajstić information content (AvgIpc) is 2.40. The number of rotatable bonds is 5. The largest absolute Gasteiger partial charge is 0.309 e. The number of nitrogens with zero attached hydrogens (tertiary/aromatic N) is 2. The molecule has 0 radical (unpaired) electrons. The summed E-state index contributed by atoms with van der Waals surface area (Å²) in [6, 6.07) is 11.2. The highest BCUT2D eigenvalue weighted by atomic mass is 15.3. The maximum Gasteiger partial charge on any atom is 0.0208 e. The van der Waals surface area contributed by atoms with Crippen LogP contribution in [0.5, 0.6) is 0 Å². The molecule has 1 unspecified atom stereocenters. The van der Waals surface area contributed by atoms with Crippen molar-refractivity contribution in [1.29, 1.82) is 0 Å². The van der Waals surface area contributed by atoms with Crippen molar-refractivity contribution in [2.45, 2.75) is 19.5 Å². The lowest BCUT2D eigenvalue weighted by Crippen LogP contribution is -2.48. The van der Waals surface area contributed by atoms with Gasteiger partial charge in [0.15, 0.2) is 0 Å². The molecule has 1 aromatic carbocycles. The van der Waals surface area contributed by atoms with Gasteiger partial charge in [-0.05, 0) is 19.5 Å². The van der Waals surface area contributed by atoms with Crippen molar-refractivity contribution in [2.24, 2.45) is 0 Å². The lowest BCUT2D eigenvalue weighted by atomic mass is 10.2. The number of benzene rings is 1. The van der Waals surface area contributed by atoms with Gasteiger partial charge in [-0.1, -0.05) is 30.3 Å². The molecule has 1 saturated heterocycles. The fourth-order valence-corrected chi connectivity index (χ4v) is 2.37. The van der Waals surface area contributed by atoms with Crippen molar-refractivity contribution in [3.63, 3.8) is 0 Å². The maximum atomic E-state index is 3.60. The minimum Gasteiger partial charge on any atom is -0.309 e. The van der Waals surface area contributed by atoms with Crippen LogP contribution in [-0.2, 0) is 6.54 Å². The van der Waals surface area contributed by atoms with Crippen molar-refractivity contribution in [1.82, 2.24) is 15.1 Å². The van der Waals surface area contributed by atoms with Crippen LogP contribution >= 0.6 is 0 Å². The van der Waals surface area contributed by atoms with E-state index in [1.807, 2.05) is 0 Å². The lowest BCUT2D eigenvalue weighted by Gasteiger charge is -2.34. The Kier molecular flexibility index (Phi) is 5.17. The molecule has 3 heteroatoms. The first kappa shape index (κ1) is 13.5. The number of hydrogen-bond donors (Lipinski definition) is 1. The zero-order chi connectivity index (χ0) is 12.8. The molecule has 18 heavy (non-hydrogen) atoms. The zero-order valence-electron chi connectivity index (χ0n) is 11.6. The van der Waals surface area contributed by atoms with Crippen LogP contribution in [0, 0.1) is 0 Å². The molecule has 1 atom stereocenters. The molecular weight excluding hydrogens is 222 g/mol. The lowest BCUT2D eigenvalue weighted by molar-refractivity contribution is 0.144. The highest BCUT2D eigenvalue weighted by Gasteiger charge is 2.15. The van der Waals surface area contributed by atoms with Crippen molar-refractivity contribution < 1.29 is 0 Å². The summed E-state index contributed by atoms with van der Waals surface area (Å²) < 4.78 is 0. The van der Waals surface area contributed by atoms with Gasteiger partial charge in [0.1, 0.15) is 0 Å². The second kappa shape index (κ2) is 6.88. The molecule has 0 aromatic heterocycles. The first-order valence-electron chi connectivity index (χ1n) is 6.92. The van der Waals surface area contributed by atoms with Gasteiger partial charge in [0.05, 0.1) is 0 Å². The van der Waals surface area contributed by atoms with E-state index >= 15 is 0 Å². The van der Waals surface area contributed by atoms with Crippen LogP contribution in [0.1, 0.15) is 12.5 Å². The predicted molar refractivity (Wildman–Crippen MR) is 76.7 cm³/mol. The van der Waals surface area contributed by atoms with Crippen molar-refractivity contribution in [3.8, 4) is 0 Å². The Bertz CT molecular complexity index is 331. The summed E-state index contributed by atoms with van der Waals surface area (Å²) >= 11 is 0. The number of piperazine rings is 1. The van der Waals surface area contributed by atoms with Gasteiger partial charge < -0.3 is 10.2 Å². The molecule has 1 N–H and O–H groups in total. The fourth-order valence-electron chi connectivity index (χ4n) is 2.37. The molecule has 0 bridgehead atoms. The van der Waals surface area contributed by atoms with Crippen molar-refractivity contribution >= 4 is 0 Å². The van der Waals surface area contributed by atoms with Gasteiger partial charge in [-0.2, -0.15) is 0 Å². The van der Waals surface area contributed by atoms with Crippen LogP contribution in [-0.4, -0.2) is 55.6 Å². The van der Waals surface area contributed by atoms with Crippen LogP contribution in [0.4, 0.5) is 0 Å². The Balaban J connectivity index is 1.67. The molecule has 1 aliphatic heterocycles. The monoisotopic (exact) mass is 247 g/mol. The molecule has 1 heterocycles. The minimum absolute atomic E-state index is 0.550. The Labute approximate surface area is 111 Å². The maximum absolute atomic E-state index is 3.60. The third-order valence-corrected chi connectivity index (χ3v) is 3.63. The van der Waals surface area contributed by atoms with Gasteiger partial charge in [-0.3, -0.25) is 4.90 Å². The van der Waals surface area contributed by atoms with Crippen molar-refractivity contribution in [3.05, 3.63) is 35.9 Å². The number of nitrogens with one attached hydrogen (secondary N) is 1. The smallest absolute Gasteiger partial charge is 0.0208 e. The van der Waals surface area contributed by atoms with Gasteiger partial charge in [-0.15, -0.1) is 0 Å². The second-order valence-electron chi connectivity index (χ2n) is 5.37. The molecule has 0 amide bonds. The highest BCUT2D eigenvalue weighted by molar-refractivity contribution is 5.14. The van der Waals surface area contributed by atoms with Crippen LogP contribution in [0.25, 0.3) is 0 Å². The third kappa shape index (κ3) is 4.41. The molecule has 1 aromatic rings. The van der Waals surface area contributed by atoms with E-state index in [-0.39, 0.29) is 0 Å². The molecule has 100 valence electrons. The van der Waals surface area contributed by atoms with E-state index in [4.69, 9.17) is 0 Å². The normalized spacial score (nSPS) is 19.9. The highest BCUT2D eigenvalue weighted by Crippen LogP contribution is 2.02. The average molecular weight is 247 g/mol. The zero-order valence-corrected chi connectivity index (χ0v) is 11.6. The molecule has 0 spiro atoms. The molecule has 1 aliphatic rings. The summed E-state index contributed by atoms with van der Waals surface area (Å²) in [5.74, 6) is 0. The van der Waals surface area contributed by atoms with Gasteiger partial charge in [0, 0.05) is 45.3 Å². The molecule has 2 rings (SSSR count). The third-order valence-electron chi connectivity index (χ3n) is 3.63.